The number of nitrogens with zero attached hydrogens (tertiary/aromatic N) is 1. The van der Waals surface area contributed by atoms with E-state index in [1.54, 1.807) is 0 Å². The van der Waals surface area contributed by atoms with E-state index < -0.39 is 0 Å². The van der Waals surface area contributed by atoms with E-state index in [1.807, 2.05) is 6.92 Å². The van der Waals surface area contributed by atoms with E-state index >= 15 is 0 Å². The van der Waals surface area contributed by atoms with Gasteiger partial charge in [-0.3, -0.25) is 0 Å². The van der Waals surface area contributed by atoms with Gasteiger partial charge < -0.3 is 10.3 Å². The summed E-state index contributed by atoms with van der Waals surface area (Å²) in [6, 6.07) is 6.43. The molecule has 0 fully saturated rings. The van der Waals surface area contributed by atoms with Gasteiger partial charge in [-0.05, 0) is 25.5 Å². The summed E-state index contributed by atoms with van der Waals surface area (Å²) in [6.45, 7) is 4.94. The zero-order chi connectivity index (χ0) is 10.4. The van der Waals surface area contributed by atoms with Crippen LogP contribution in [0.1, 0.15) is 17.1 Å². The number of anilines is 1. The molecule has 1 aromatic heterocycles. The molecule has 1 aliphatic heterocycles. The first-order valence-electron chi connectivity index (χ1n) is 5.14. The maximum atomic E-state index is 4.53. The second kappa shape index (κ2) is 2.86. The van der Waals surface area contributed by atoms with Crippen LogP contribution in [0, 0.1) is 13.8 Å². The second-order valence-corrected chi connectivity index (χ2v) is 4.05. The molecule has 2 N–H and O–H groups in total. The molecule has 0 radical (unpaired) electrons. The van der Waals surface area contributed by atoms with E-state index in [1.165, 1.54) is 22.5 Å². The quantitative estimate of drug-likeness (QED) is 0.684. The van der Waals surface area contributed by atoms with Crippen molar-refractivity contribution in [2.45, 2.75) is 20.4 Å². The van der Waals surface area contributed by atoms with Gasteiger partial charge in [-0.1, -0.05) is 12.1 Å². The van der Waals surface area contributed by atoms with Gasteiger partial charge in [0.2, 0.25) is 0 Å². The van der Waals surface area contributed by atoms with Crippen LogP contribution in [0.2, 0.25) is 0 Å². The van der Waals surface area contributed by atoms with Crippen LogP contribution in [-0.4, -0.2) is 9.97 Å². The molecule has 0 bridgehead atoms. The van der Waals surface area contributed by atoms with E-state index in [-0.39, 0.29) is 0 Å². The Morgan fingerprint density at radius 3 is 3.00 bits per heavy atom. The normalized spacial score (nSPS) is 12.9. The van der Waals surface area contributed by atoms with Crippen molar-refractivity contribution in [3.8, 4) is 11.3 Å². The first-order chi connectivity index (χ1) is 7.24. The predicted molar refractivity (Wildman–Crippen MR) is 60.8 cm³/mol. The van der Waals surface area contributed by atoms with Crippen molar-refractivity contribution in [3.63, 3.8) is 0 Å². The average molecular weight is 199 g/mol. The third-order valence-electron chi connectivity index (χ3n) is 2.78. The Morgan fingerprint density at radius 2 is 2.13 bits per heavy atom. The highest BCUT2D eigenvalue weighted by Crippen LogP contribution is 2.34. The van der Waals surface area contributed by atoms with Crippen LogP contribution >= 0.6 is 0 Å². The molecule has 2 heterocycles. The molecule has 76 valence electrons. The lowest BCUT2D eigenvalue weighted by molar-refractivity contribution is 1.04. The van der Waals surface area contributed by atoms with Crippen molar-refractivity contribution >= 4 is 5.69 Å². The Kier molecular flexibility index (Phi) is 1.63. The minimum Gasteiger partial charge on any atom is -0.379 e. The molecule has 3 nitrogen and oxygen atoms in total. The molecule has 1 aliphatic rings. The molecule has 0 atom stereocenters. The fraction of sp³-hybridized carbons (Fsp3) is 0.250. The summed E-state index contributed by atoms with van der Waals surface area (Å²) in [5.41, 5.74) is 5.95. The van der Waals surface area contributed by atoms with Crippen molar-refractivity contribution in [2.75, 3.05) is 5.32 Å². The van der Waals surface area contributed by atoms with Crippen molar-refractivity contribution < 1.29 is 0 Å². The van der Waals surface area contributed by atoms with Crippen LogP contribution in [0.15, 0.2) is 18.2 Å². The number of hydrogen-bond donors (Lipinski definition) is 2. The van der Waals surface area contributed by atoms with Crippen LogP contribution < -0.4 is 5.32 Å². The SMILES string of the molecule is Cc1ccc2c(c1)NCc1[nH]c(C)nc1-2. The van der Waals surface area contributed by atoms with Crippen LogP contribution in [0.25, 0.3) is 11.3 Å². The number of nitrogens with one attached hydrogen (secondary N) is 2. The van der Waals surface area contributed by atoms with E-state index in [4.69, 9.17) is 0 Å². The lowest BCUT2D eigenvalue weighted by Gasteiger charge is -2.17. The first-order valence-corrected chi connectivity index (χ1v) is 5.14. The maximum absolute atomic E-state index is 4.53. The Bertz CT molecular complexity index is 526. The van der Waals surface area contributed by atoms with E-state index in [0.717, 1.165) is 18.1 Å². The summed E-state index contributed by atoms with van der Waals surface area (Å²) in [7, 11) is 0. The fourth-order valence-corrected chi connectivity index (χ4v) is 2.09. The molecule has 3 rings (SSSR count). The molecular weight excluding hydrogens is 186 g/mol. The summed E-state index contributed by atoms with van der Waals surface area (Å²) in [4.78, 5) is 7.81. The smallest absolute Gasteiger partial charge is 0.103 e. The van der Waals surface area contributed by atoms with E-state index in [9.17, 15) is 0 Å². The van der Waals surface area contributed by atoms with Crippen molar-refractivity contribution in [2.24, 2.45) is 0 Å². The number of H-pyrrole nitrogens is 1. The Balaban J connectivity index is 2.25. The largest absolute Gasteiger partial charge is 0.379 e. The van der Waals surface area contributed by atoms with Gasteiger partial charge in [-0.25, -0.2) is 4.98 Å². The number of fused-ring (bicyclic) bond motifs is 3. The Hall–Kier alpha value is -1.77. The highest BCUT2D eigenvalue weighted by atomic mass is 15.0. The zero-order valence-electron chi connectivity index (χ0n) is 8.89. The summed E-state index contributed by atoms with van der Waals surface area (Å²) < 4.78 is 0. The molecule has 0 aliphatic carbocycles. The fourth-order valence-electron chi connectivity index (χ4n) is 2.09. The monoisotopic (exact) mass is 199 g/mol. The highest BCUT2D eigenvalue weighted by Gasteiger charge is 2.18. The van der Waals surface area contributed by atoms with Crippen LogP contribution in [0.4, 0.5) is 5.69 Å². The topological polar surface area (TPSA) is 40.7 Å². The Labute approximate surface area is 88.6 Å². The van der Waals surface area contributed by atoms with Crippen LogP contribution in [0.5, 0.6) is 0 Å². The van der Waals surface area contributed by atoms with Gasteiger partial charge in [0.05, 0.1) is 17.9 Å². The third-order valence-corrected chi connectivity index (χ3v) is 2.78. The van der Waals surface area contributed by atoms with Gasteiger partial charge in [0.25, 0.3) is 0 Å². The maximum Gasteiger partial charge on any atom is 0.103 e. The zero-order valence-corrected chi connectivity index (χ0v) is 8.89. The van der Waals surface area contributed by atoms with Gasteiger partial charge in [-0.15, -0.1) is 0 Å². The highest BCUT2D eigenvalue weighted by molar-refractivity contribution is 5.80. The second-order valence-electron chi connectivity index (χ2n) is 4.05. The molecule has 2 aromatic rings. The number of aromatic amines is 1. The predicted octanol–water partition coefficient (Wildman–Crippen LogP) is 2.62. The molecule has 3 heteroatoms. The van der Waals surface area contributed by atoms with Gasteiger partial charge in [0.15, 0.2) is 0 Å². The van der Waals surface area contributed by atoms with E-state index in [0.29, 0.717) is 0 Å². The number of imidazole rings is 1. The molecule has 15 heavy (non-hydrogen) atoms. The van der Waals surface area contributed by atoms with Crippen molar-refractivity contribution in [1.29, 1.82) is 0 Å². The van der Waals surface area contributed by atoms with Crippen LogP contribution in [-0.2, 0) is 6.54 Å². The van der Waals surface area contributed by atoms with Gasteiger partial charge >= 0.3 is 0 Å². The van der Waals surface area contributed by atoms with E-state index in [2.05, 4.69) is 40.4 Å². The van der Waals surface area contributed by atoms with Gasteiger partial charge in [0.1, 0.15) is 5.82 Å². The average Bonchev–Trinajstić information content (AvgIpc) is 2.58. The number of rotatable bonds is 0. The minimum atomic E-state index is 0.840. The standard InChI is InChI=1S/C12H13N3/c1-7-3-4-9-10(5-7)13-6-11-12(9)15-8(2)14-11/h3-5,13H,6H2,1-2H3,(H,14,15). The molecule has 1 aromatic carbocycles. The summed E-state index contributed by atoms with van der Waals surface area (Å²) in [5.74, 6) is 0.982. The molecule has 0 unspecified atom stereocenters. The number of aryl methyl sites for hydroxylation is 2. The number of aromatic nitrogens is 2. The van der Waals surface area contributed by atoms with Gasteiger partial charge in [0, 0.05) is 11.3 Å². The van der Waals surface area contributed by atoms with Gasteiger partial charge in [-0.2, -0.15) is 0 Å². The minimum absolute atomic E-state index is 0.840. The summed E-state index contributed by atoms with van der Waals surface area (Å²) >= 11 is 0. The molecular formula is C12H13N3. The first kappa shape index (κ1) is 8.53. The lowest BCUT2D eigenvalue weighted by Crippen LogP contribution is -2.08. The summed E-state index contributed by atoms with van der Waals surface area (Å²) in [5, 5.41) is 3.40. The Morgan fingerprint density at radius 1 is 1.27 bits per heavy atom. The molecule has 0 amide bonds. The molecule has 0 saturated heterocycles. The van der Waals surface area contributed by atoms with Crippen molar-refractivity contribution in [3.05, 3.63) is 35.3 Å². The summed E-state index contributed by atoms with van der Waals surface area (Å²) in [6.07, 6.45) is 0. The van der Waals surface area contributed by atoms with Crippen molar-refractivity contribution in [1.82, 2.24) is 9.97 Å². The van der Waals surface area contributed by atoms with Crippen LogP contribution in [0.3, 0.4) is 0 Å². The molecule has 0 spiro atoms. The molecule has 0 saturated carbocycles. The lowest BCUT2D eigenvalue weighted by atomic mass is 10.0. The number of benzene rings is 1. The number of hydrogen-bond acceptors (Lipinski definition) is 2. The third kappa shape index (κ3) is 1.23.